The molecule has 0 saturated carbocycles. The minimum Gasteiger partial charge on any atom is -0.387 e. The van der Waals surface area contributed by atoms with E-state index in [1.165, 1.54) is 308 Å². The summed E-state index contributed by atoms with van der Waals surface area (Å²) in [6, 6.07) is -0.847. The second-order valence-corrected chi connectivity index (χ2v) is 29.2. The molecule has 0 spiro atoms. The van der Waals surface area contributed by atoms with Crippen LogP contribution in [0.2, 0.25) is 0 Å². The zero-order chi connectivity index (χ0) is 64.1. The Hall–Kier alpha value is -1.80. The van der Waals surface area contributed by atoms with Gasteiger partial charge in [0.25, 0.3) is 0 Å². The Morgan fingerprint density at radius 2 is 0.682 bits per heavy atom. The molecule has 0 aromatic rings. The normalized spacial score (nSPS) is 13.9. The van der Waals surface area contributed by atoms with Crippen molar-refractivity contribution in [3.8, 4) is 0 Å². The Balaban J connectivity index is 3.94. The molecule has 0 rings (SSSR count). The standard InChI is InChI=1S/C79H151N2O6P/c1-6-8-10-12-14-16-18-20-22-24-26-28-30-32-34-35-36-37-38-39-40-41-42-43-44-45-47-49-51-53-55-57-59-61-63-65-67-69-71-73-79(83)80-77(76-87-88(84,85)86-75-74-81(3,4)5)78(82)72-70-68-66-64-62-60-58-56-54-52-50-48-46-33-31-29-27-25-23-21-19-17-15-13-11-9-7-2/h8,10,14,16,20,22,26,28,70,72,77-78,82H,6-7,9,11-13,15,17-19,21,23-25,27,29-69,71,73-76H2,1-5H3,(H-,80,83,84,85)/p+1/b10-8-,16-14-,22-20-,28-26-,72-70+. The van der Waals surface area contributed by atoms with Gasteiger partial charge in [0.15, 0.2) is 0 Å². The molecule has 0 saturated heterocycles. The SMILES string of the molecule is CC/C=C\C/C=C\C/C=C\C/C=C\CCCCCCCCCCCCCCCCCCCCCCCCCCCCC(=O)NC(COP(=O)(O)OCC[N+](C)(C)C)C(O)/C=C/CCCCCCCCCCCCCCCCCCCCCCCCCCC. The molecule has 0 aromatic carbocycles. The molecule has 0 fully saturated rings. The molecular weight excluding hydrogens is 1100 g/mol. The largest absolute Gasteiger partial charge is 0.472 e. The summed E-state index contributed by atoms with van der Waals surface area (Å²) in [6.45, 7) is 4.76. The quantitative estimate of drug-likeness (QED) is 0.0243. The average Bonchev–Trinajstić information content (AvgIpc) is 3.70. The number of phosphoric acid groups is 1. The number of hydrogen-bond donors (Lipinski definition) is 3. The van der Waals surface area contributed by atoms with Gasteiger partial charge in [-0.2, -0.15) is 0 Å². The van der Waals surface area contributed by atoms with Crippen molar-refractivity contribution in [3.05, 3.63) is 60.8 Å². The first-order valence-corrected chi connectivity index (χ1v) is 40.2. The first-order chi connectivity index (χ1) is 43.0. The Labute approximate surface area is 549 Å². The highest BCUT2D eigenvalue weighted by Crippen LogP contribution is 2.43. The number of aliphatic hydroxyl groups excluding tert-OH is 1. The molecule has 0 aromatic heterocycles. The molecule has 3 unspecified atom stereocenters. The molecule has 3 N–H and O–H groups in total. The van der Waals surface area contributed by atoms with E-state index in [4.69, 9.17) is 9.05 Å². The van der Waals surface area contributed by atoms with E-state index in [9.17, 15) is 19.4 Å². The van der Waals surface area contributed by atoms with Crippen LogP contribution >= 0.6 is 7.82 Å². The summed E-state index contributed by atoms with van der Waals surface area (Å²) in [4.78, 5) is 23.5. The maximum Gasteiger partial charge on any atom is 0.472 e. The van der Waals surface area contributed by atoms with Crippen molar-refractivity contribution in [2.24, 2.45) is 0 Å². The number of amides is 1. The summed E-state index contributed by atoms with van der Waals surface area (Å²) in [5, 5.41) is 14.0. The second-order valence-electron chi connectivity index (χ2n) is 27.7. The van der Waals surface area contributed by atoms with Crippen molar-refractivity contribution in [3.63, 3.8) is 0 Å². The molecule has 0 aliphatic rings. The maximum absolute atomic E-state index is 13.1. The molecule has 0 aliphatic carbocycles. The molecule has 0 heterocycles. The zero-order valence-corrected chi connectivity index (χ0v) is 60.4. The van der Waals surface area contributed by atoms with Gasteiger partial charge in [0.05, 0.1) is 39.9 Å². The number of aliphatic hydroxyl groups is 1. The number of phosphoric ester groups is 1. The van der Waals surface area contributed by atoms with E-state index in [1.807, 2.05) is 27.2 Å². The number of likely N-dealkylation sites (N-methyl/N-ethyl adjacent to an activating group) is 1. The predicted molar refractivity (Wildman–Crippen MR) is 387 cm³/mol. The zero-order valence-electron chi connectivity index (χ0n) is 59.5. The highest BCUT2D eigenvalue weighted by molar-refractivity contribution is 7.47. The third-order valence-electron chi connectivity index (χ3n) is 17.7. The second kappa shape index (κ2) is 69.5. The fraction of sp³-hybridized carbons (Fsp3) is 0.861. The van der Waals surface area contributed by atoms with Gasteiger partial charge in [-0.05, 0) is 57.8 Å². The van der Waals surface area contributed by atoms with Gasteiger partial charge < -0.3 is 19.8 Å². The van der Waals surface area contributed by atoms with Crippen LogP contribution in [0.3, 0.4) is 0 Å². The van der Waals surface area contributed by atoms with E-state index in [1.54, 1.807) is 6.08 Å². The third-order valence-corrected chi connectivity index (χ3v) is 18.7. The summed E-state index contributed by atoms with van der Waals surface area (Å²) < 4.78 is 23.9. The molecule has 0 bridgehead atoms. The van der Waals surface area contributed by atoms with Crippen molar-refractivity contribution in [1.82, 2.24) is 5.32 Å². The van der Waals surface area contributed by atoms with Crippen LogP contribution in [0.25, 0.3) is 0 Å². The average molecular weight is 1260 g/mol. The lowest BCUT2D eigenvalue weighted by Crippen LogP contribution is -2.45. The molecule has 518 valence electrons. The van der Waals surface area contributed by atoms with Crippen molar-refractivity contribution in [2.45, 2.75) is 398 Å². The lowest BCUT2D eigenvalue weighted by molar-refractivity contribution is -0.870. The van der Waals surface area contributed by atoms with E-state index in [-0.39, 0.29) is 19.1 Å². The fourth-order valence-electron chi connectivity index (χ4n) is 11.8. The number of nitrogens with zero attached hydrogens (tertiary/aromatic N) is 1. The minimum absolute atomic E-state index is 0.0633. The molecule has 88 heavy (non-hydrogen) atoms. The van der Waals surface area contributed by atoms with Gasteiger partial charge in [-0.25, -0.2) is 4.57 Å². The van der Waals surface area contributed by atoms with E-state index >= 15 is 0 Å². The minimum atomic E-state index is -4.36. The van der Waals surface area contributed by atoms with E-state index < -0.39 is 20.0 Å². The number of carbonyl (C=O) groups is 1. The molecule has 8 nitrogen and oxygen atoms in total. The Bertz CT molecular complexity index is 1620. The van der Waals surface area contributed by atoms with Crippen LogP contribution < -0.4 is 5.32 Å². The van der Waals surface area contributed by atoms with Gasteiger partial charge in [-0.3, -0.25) is 13.8 Å². The number of carbonyl (C=O) groups excluding carboxylic acids is 1. The molecule has 0 radical (unpaired) electrons. The van der Waals surface area contributed by atoms with Gasteiger partial charge in [0.2, 0.25) is 5.91 Å². The highest BCUT2D eigenvalue weighted by Gasteiger charge is 2.28. The lowest BCUT2D eigenvalue weighted by atomic mass is 10.0. The van der Waals surface area contributed by atoms with E-state index in [0.29, 0.717) is 17.4 Å². The van der Waals surface area contributed by atoms with E-state index in [0.717, 1.165) is 57.8 Å². The number of unbranched alkanes of at least 4 members (excludes halogenated alkanes) is 51. The van der Waals surface area contributed by atoms with Crippen LogP contribution in [0.15, 0.2) is 60.8 Å². The fourth-order valence-corrected chi connectivity index (χ4v) is 12.5. The predicted octanol–water partition coefficient (Wildman–Crippen LogP) is 25.1. The third kappa shape index (κ3) is 71.6. The lowest BCUT2D eigenvalue weighted by Gasteiger charge is -2.25. The van der Waals surface area contributed by atoms with Gasteiger partial charge in [-0.15, -0.1) is 0 Å². The first-order valence-electron chi connectivity index (χ1n) is 38.7. The van der Waals surface area contributed by atoms with E-state index in [2.05, 4.69) is 67.8 Å². The Morgan fingerprint density at radius 3 is 1.00 bits per heavy atom. The summed E-state index contributed by atoms with van der Waals surface area (Å²) in [5.74, 6) is -0.169. The van der Waals surface area contributed by atoms with Crippen molar-refractivity contribution < 1.29 is 32.9 Å². The van der Waals surface area contributed by atoms with Crippen LogP contribution in [-0.4, -0.2) is 73.4 Å². The van der Waals surface area contributed by atoms with Gasteiger partial charge in [0, 0.05) is 6.42 Å². The van der Waals surface area contributed by atoms with Crippen molar-refractivity contribution >= 4 is 13.7 Å². The summed E-state index contributed by atoms with van der Waals surface area (Å²) in [6.07, 6.45) is 96.9. The van der Waals surface area contributed by atoms with Gasteiger partial charge >= 0.3 is 7.82 Å². The highest BCUT2D eigenvalue weighted by atomic mass is 31.2. The number of nitrogens with one attached hydrogen (secondary N) is 1. The number of rotatable bonds is 72. The van der Waals surface area contributed by atoms with Crippen molar-refractivity contribution in [1.29, 1.82) is 0 Å². The summed E-state index contributed by atoms with van der Waals surface area (Å²) in [7, 11) is 1.59. The van der Waals surface area contributed by atoms with Gasteiger partial charge in [0.1, 0.15) is 13.2 Å². The van der Waals surface area contributed by atoms with Crippen LogP contribution in [0.4, 0.5) is 0 Å². The van der Waals surface area contributed by atoms with Crippen LogP contribution in [-0.2, 0) is 18.4 Å². The Kier molecular flexibility index (Phi) is 68.1. The van der Waals surface area contributed by atoms with Gasteiger partial charge in [-0.1, -0.05) is 383 Å². The number of allylic oxidation sites excluding steroid dienone is 9. The molecule has 1 amide bonds. The molecule has 9 heteroatoms. The van der Waals surface area contributed by atoms with Crippen LogP contribution in [0.1, 0.15) is 386 Å². The number of hydrogen-bond acceptors (Lipinski definition) is 5. The van der Waals surface area contributed by atoms with Crippen LogP contribution in [0, 0.1) is 0 Å². The molecular formula is C79H152N2O6P+. The smallest absolute Gasteiger partial charge is 0.387 e. The first kappa shape index (κ1) is 86.2. The topological polar surface area (TPSA) is 105 Å². The molecule has 0 aliphatic heterocycles. The Morgan fingerprint density at radius 1 is 0.398 bits per heavy atom. The van der Waals surface area contributed by atoms with Crippen molar-refractivity contribution in [2.75, 3.05) is 40.9 Å². The number of quaternary nitrogens is 1. The van der Waals surface area contributed by atoms with Crippen LogP contribution in [0.5, 0.6) is 0 Å². The monoisotopic (exact) mass is 1260 g/mol. The molecule has 3 atom stereocenters. The summed E-state index contributed by atoms with van der Waals surface area (Å²) >= 11 is 0. The maximum atomic E-state index is 13.1. The summed E-state index contributed by atoms with van der Waals surface area (Å²) in [5.41, 5.74) is 0.